The van der Waals surface area contributed by atoms with Crippen LogP contribution in [0.3, 0.4) is 0 Å². The van der Waals surface area contributed by atoms with Crippen molar-refractivity contribution < 1.29 is 9.90 Å². The zero-order chi connectivity index (χ0) is 22.0. The molecule has 0 heterocycles. The third-order valence-corrected chi connectivity index (χ3v) is 5.90. The summed E-state index contributed by atoms with van der Waals surface area (Å²) < 4.78 is 0. The number of hydrogen-bond donors (Lipinski definition) is 1. The van der Waals surface area contributed by atoms with Gasteiger partial charge >= 0.3 is 0 Å². The van der Waals surface area contributed by atoms with Crippen LogP contribution in [0.5, 0.6) is 0 Å². The van der Waals surface area contributed by atoms with E-state index >= 15 is 0 Å². The Labute approximate surface area is 187 Å². The van der Waals surface area contributed by atoms with Crippen LogP contribution >= 0.6 is 0 Å². The molecule has 4 aromatic rings. The average Bonchev–Trinajstić information content (AvgIpc) is 3.09. The van der Waals surface area contributed by atoms with Crippen molar-refractivity contribution in [2.75, 3.05) is 0 Å². The van der Waals surface area contributed by atoms with Crippen LogP contribution in [0.2, 0.25) is 0 Å². The van der Waals surface area contributed by atoms with Gasteiger partial charge in [-0.2, -0.15) is 0 Å². The zero-order valence-corrected chi connectivity index (χ0v) is 17.5. The first-order valence-corrected chi connectivity index (χ1v) is 10.6. The number of rotatable bonds is 4. The predicted octanol–water partition coefficient (Wildman–Crippen LogP) is 6.15. The lowest BCUT2D eigenvalue weighted by Crippen LogP contribution is -2.28. The Morgan fingerprint density at radius 3 is 1.62 bits per heavy atom. The second-order valence-corrected chi connectivity index (χ2v) is 7.86. The Morgan fingerprint density at radius 1 is 0.594 bits per heavy atom. The molecule has 0 saturated carbocycles. The Hall–Kier alpha value is -4.01. The van der Waals surface area contributed by atoms with Crippen LogP contribution in [-0.2, 0) is 10.4 Å². The van der Waals surface area contributed by atoms with E-state index < -0.39 is 5.60 Å². The topological polar surface area (TPSA) is 37.3 Å². The van der Waals surface area contributed by atoms with E-state index in [0.717, 1.165) is 16.7 Å². The molecule has 0 unspecified atom stereocenters. The molecular formula is C30H22O2. The van der Waals surface area contributed by atoms with Crippen molar-refractivity contribution in [3.8, 4) is 0 Å². The van der Waals surface area contributed by atoms with Gasteiger partial charge in [-0.25, -0.2) is 0 Å². The minimum atomic E-state index is -1.58. The predicted molar refractivity (Wildman–Crippen MR) is 129 cm³/mol. The highest BCUT2D eigenvalue weighted by Crippen LogP contribution is 2.53. The molecule has 32 heavy (non-hydrogen) atoms. The molecule has 5 rings (SSSR count). The fourth-order valence-electron chi connectivity index (χ4n) is 4.43. The van der Waals surface area contributed by atoms with Gasteiger partial charge in [-0.1, -0.05) is 121 Å². The zero-order valence-electron chi connectivity index (χ0n) is 17.5. The van der Waals surface area contributed by atoms with Crippen LogP contribution in [0.25, 0.3) is 17.2 Å². The fourth-order valence-corrected chi connectivity index (χ4v) is 4.43. The maximum atomic E-state index is 14.0. The summed E-state index contributed by atoms with van der Waals surface area (Å²) in [6.45, 7) is 0. The molecule has 0 saturated heterocycles. The quantitative estimate of drug-likeness (QED) is 0.407. The summed E-state index contributed by atoms with van der Waals surface area (Å²) in [7, 11) is 0. The van der Waals surface area contributed by atoms with Crippen molar-refractivity contribution in [3.05, 3.63) is 149 Å². The third kappa shape index (κ3) is 3.31. The van der Waals surface area contributed by atoms with Crippen LogP contribution in [0.1, 0.15) is 22.3 Å². The number of hydrogen-bond acceptors (Lipinski definition) is 2. The van der Waals surface area contributed by atoms with Crippen LogP contribution < -0.4 is 0 Å². The van der Waals surface area contributed by atoms with Crippen molar-refractivity contribution in [2.45, 2.75) is 5.60 Å². The van der Waals surface area contributed by atoms with E-state index in [9.17, 15) is 9.90 Å². The van der Waals surface area contributed by atoms with Gasteiger partial charge in [0.15, 0.2) is 5.78 Å². The highest BCUT2D eigenvalue weighted by molar-refractivity contribution is 6.41. The molecule has 0 bridgehead atoms. The molecule has 0 aromatic heterocycles. The molecule has 1 N–H and O–H groups in total. The standard InChI is InChI=1S/C30H22O2/c31-29-26(21-22-13-5-1-6-14-22)30(32,25-19-11-4-12-20-25)28(24-17-9-3-10-18-24)27(29)23-15-7-2-8-16-23/h1-21,32H/b26-21+/t30-/m1/s1. The third-order valence-electron chi connectivity index (χ3n) is 5.90. The van der Waals surface area contributed by atoms with Crippen LogP contribution in [0.15, 0.2) is 127 Å². The summed E-state index contributed by atoms with van der Waals surface area (Å²) in [6.07, 6.45) is 1.81. The molecule has 4 aromatic carbocycles. The molecule has 2 heteroatoms. The van der Waals surface area contributed by atoms with Gasteiger partial charge in [0.25, 0.3) is 0 Å². The number of carbonyl (C=O) groups is 1. The van der Waals surface area contributed by atoms with E-state index in [0.29, 0.717) is 22.3 Å². The molecule has 1 aliphatic carbocycles. The van der Waals surface area contributed by atoms with E-state index in [-0.39, 0.29) is 5.78 Å². The SMILES string of the molecule is O=C1C(c2ccccc2)=C(c2ccccc2)[C@@](O)(c2ccccc2)/C1=C/c1ccccc1. The minimum absolute atomic E-state index is 0.162. The summed E-state index contributed by atoms with van der Waals surface area (Å²) in [4.78, 5) is 14.0. The molecule has 1 atom stereocenters. The maximum absolute atomic E-state index is 14.0. The van der Waals surface area contributed by atoms with Crippen LogP contribution in [0.4, 0.5) is 0 Å². The Bertz CT molecular complexity index is 1300. The summed E-state index contributed by atoms with van der Waals surface area (Å²) in [5, 5.41) is 12.5. The lowest BCUT2D eigenvalue weighted by atomic mass is 9.80. The monoisotopic (exact) mass is 414 g/mol. The van der Waals surface area contributed by atoms with Crippen LogP contribution in [0, 0.1) is 0 Å². The molecule has 0 radical (unpaired) electrons. The highest BCUT2D eigenvalue weighted by atomic mass is 16.3. The van der Waals surface area contributed by atoms with Gasteiger partial charge in [0, 0.05) is 16.7 Å². The van der Waals surface area contributed by atoms with E-state index in [1.807, 2.05) is 127 Å². The fraction of sp³-hybridized carbons (Fsp3) is 0.0333. The second-order valence-electron chi connectivity index (χ2n) is 7.86. The average molecular weight is 415 g/mol. The summed E-state index contributed by atoms with van der Waals surface area (Å²) in [6, 6.07) is 38.4. The number of allylic oxidation sites excluding steroid dienone is 1. The van der Waals surface area contributed by atoms with Gasteiger partial charge in [0.2, 0.25) is 0 Å². The van der Waals surface area contributed by atoms with Gasteiger partial charge in [0.1, 0.15) is 5.60 Å². The number of ketones is 1. The molecular weight excluding hydrogens is 392 g/mol. The summed E-state index contributed by atoms with van der Waals surface area (Å²) >= 11 is 0. The first-order valence-electron chi connectivity index (χ1n) is 10.6. The van der Waals surface area contributed by atoms with E-state index in [2.05, 4.69) is 0 Å². The second kappa shape index (κ2) is 8.26. The number of carbonyl (C=O) groups excluding carboxylic acids is 1. The summed E-state index contributed by atoms with van der Waals surface area (Å²) in [5.41, 5.74) is 3.07. The van der Waals surface area contributed by atoms with Crippen molar-refractivity contribution in [2.24, 2.45) is 0 Å². The first kappa shape index (κ1) is 19.9. The molecule has 0 amide bonds. The minimum Gasteiger partial charge on any atom is -0.376 e. The highest BCUT2D eigenvalue weighted by Gasteiger charge is 2.50. The number of Topliss-reactive ketones (excluding diaryl/α,β-unsaturated/α-hetero) is 1. The van der Waals surface area contributed by atoms with E-state index in [4.69, 9.17) is 0 Å². The molecule has 154 valence electrons. The Balaban J connectivity index is 1.87. The van der Waals surface area contributed by atoms with Crippen molar-refractivity contribution >= 4 is 23.0 Å². The summed E-state index contributed by atoms with van der Waals surface area (Å²) in [5.74, 6) is -0.162. The van der Waals surface area contributed by atoms with Crippen LogP contribution in [-0.4, -0.2) is 10.9 Å². The molecule has 0 aliphatic heterocycles. The molecule has 0 fully saturated rings. The van der Waals surface area contributed by atoms with E-state index in [1.165, 1.54) is 0 Å². The normalized spacial score (nSPS) is 19.5. The van der Waals surface area contributed by atoms with E-state index in [1.54, 1.807) is 0 Å². The molecule has 2 nitrogen and oxygen atoms in total. The van der Waals surface area contributed by atoms with Gasteiger partial charge in [-0.15, -0.1) is 0 Å². The Morgan fingerprint density at radius 2 is 1.06 bits per heavy atom. The maximum Gasteiger partial charge on any atom is 0.193 e. The lowest BCUT2D eigenvalue weighted by molar-refractivity contribution is -0.111. The lowest BCUT2D eigenvalue weighted by Gasteiger charge is -2.29. The Kier molecular flexibility index (Phi) is 5.14. The van der Waals surface area contributed by atoms with Gasteiger partial charge < -0.3 is 5.11 Å². The van der Waals surface area contributed by atoms with Crippen molar-refractivity contribution in [3.63, 3.8) is 0 Å². The molecule has 0 spiro atoms. The van der Waals surface area contributed by atoms with Crippen molar-refractivity contribution in [1.29, 1.82) is 0 Å². The van der Waals surface area contributed by atoms with Gasteiger partial charge in [0.05, 0.1) is 0 Å². The van der Waals surface area contributed by atoms with Gasteiger partial charge in [-0.05, 0) is 28.3 Å². The van der Waals surface area contributed by atoms with Crippen molar-refractivity contribution in [1.82, 2.24) is 0 Å². The molecule has 1 aliphatic rings. The number of aliphatic hydroxyl groups is 1. The largest absolute Gasteiger partial charge is 0.376 e. The van der Waals surface area contributed by atoms with Gasteiger partial charge in [-0.3, -0.25) is 4.79 Å². The first-order chi connectivity index (χ1) is 15.7. The smallest absolute Gasteiger partial charge is 0.193 e. The number of benzene rings is 4.